The maximum Gasteiger partial charge on any atom is 0.342 e. The molecular weight excluding hydrogens is 378 g/mol. The number of rotatable bonds is 6. The Hall–Kier alpha value is -2.79. The van der Waals surface area contributed by atoms with Gasteiger partial charge in [-0.25, -0.2) is 4.79 Å². The van der Waals surface area contributed by atoms with Crippen LogP contribution in [-0.2, 0) is 17.7 Å². The second-order valence-corrected chi connectivity index (χ2v) is 8.16. The largest absolute Gasteiger partial charge is 0.508 e. The van der Waals surface area contributed by atoms with Crippen molar-refractivity contribution in [2.75, 3.05) is 13.2 Å². The highest BCUT2D eigenvalue weighted by atomic mass is 16.5. The van der Waals surface area contributed by atoms with E-state index in [9.17, 15) is 9.90 Å². The Labute approximate surface area is 177 Å². The molecule has 1 saturated heterocycles. The summed E-state index contributed by atoms with van der Waals surface area (Å²) in [6.45, 7) is 5.87. The summed E-state index contributed by atoms with van der Waals surface area (Å²) in [6.07, 6.45) is 4.19. The molecule has 1 unspecified atom stereocenters. The van der Waals surface area contributed by atoms with Gasteiger partial charge in [0.2, 0.25) is 0 Å². The lowest BCUT2D eigenvalue weighted by molar-refractivity contribution is 0.0509. The quantitative estimate of drug-likeness (QED) is 0.568. The number of phenolic OH excluding ortho intramolecular Hbond substituents is 1. The van der Waals surface area contributed by atoms with Gasteiger partial charge >= 0.3 is 5.97 Å². The smallest absolute Gasteiger partial charge is 0.342 e. The third-order valence-electron chi connectivity index (χ3n) is 6.09. The van der Waals surface area contributed by atoms with Crippen LogP contribution in [0.1, 0.15) is 53.4 Å². The molecule has 1 N–H and O–H groups in total. The van der Waals surface area contributed by atoms with Crippen LogP contribution in [0, 0.1) is 6.92 Å². The Bertz CT molecular complexity index is 1020. The number of nitrogens with zero attached hydrogens (tertiary/aromatic N) is 1. The lowest BCUT2D eigenvalue weighted by Gasteiger charge is -2.33. The number of ether oxygens (including phenoxy) is 1. The van der Waals surface area contributed by atoms with Crippen LogP contribution in [0.4, 0.5) is 0 Å². The van der Waals surface area contributed by atoms with Crippen molar-refractivity contribution < 1.29 is 19.1 Å². The van der Waals surface area contributed by atoms with Crippen molar-refractivity contribution >= 4 is 16.9 Å². The number of hydrogen-bond acceptors (Lipinski definition) is 5. The van der Waals surface area contributed by atoms with Gasteiger partial charge in [0, 0.05) is 30.0 Å². The lowest BCUT2D eigenvalue weighted by atomic mass is 9.99. The van der Waals surface area contributed by atoms with Gasteiger partial charge in [-0.3, -0.25) is 4.90 Å². The van der Waals surface area contributed by atoms with Gasteiger partial charge in [0.1, 0.15) is 22.7 Å². The van der Waals surface area contributed by atoms with Crippen LogP contribution in [0.3, 0.4) is 0 Å². The molecule has 0 saturated carbocycles. The fourth-order valence-corrected chi connectivity index (χ4v) is 4.35. The number of furan rings is 1. The zero-order valence-corrected chi connectivity index (χ0v) is 17.7. The maximum absolute atomic E-state index is 13.0. The molecule has 2 heterocycles. The number of aryl methyl sites for hydroxylation is 1. The Balaban J connectivity index is 1.60. The van der Waals surface area contributed by atoms with E-state index in [0.717, 1.165) is 30.5 Å². The molecule has 0 bridgehead atoms. The molecule has 3 aromatic rings. The van der Waals surface area contributed by atoms with E-state index in [1.165, 1.54) is 6.42 Å². The molecule has 30 heavy (non-hydrogen) atoms. The van der Waals surface area contributed by atoms with E-state index < -0.39 is 5.97 Å². The summed E-state index contributed by atoms with van der Waals surface area (Å²) in [5.41, 5.74) is 2.90. The molecule has 0 radical (unpaired) electrons. The molecule has 1 aromatic heterocycles. The Morgan fingerprint density at radius 1 is 1.20 bits per heavy atom. The zero-order chi connectivity index (χ0) is 21.1. The van der Waals surface area contributed by atoms with E-state index in [2.05, 4.69) is 11.8 Å². The molecule has 1 aliphatic rings. The van der Waals surface area contributed by atoms with Crippen molar-refractivity contribution in [3.63, 3.8) is 0 Å². The number of carbonyl (C=O) groups excluding carboxylic acids is 1. The van der Waals surface area contributed by atoms with E-state index in [4.69, 9.17) is 9.15 Å². The summed E-state index contributed by atoms with van der Waals surface area (Å²) in [6, 6.07) is 13.8. The van der Waals surface area contributed by atoms with Gasteiger partial charge in [0.05, 0.1) is 6.61 Å². The molecule has 2 aromatic carbocycles. The first-order valence-electron chi connectivity index (χ1n) is 10.7. The summed E-state index contributed by atoms with van der Waals surface area (Å²) in [7, 11) is 0. The topological polar surface area (TPSA) is 62.9 Å². The summed E-state index contributed by atoms with van der Waals surface area (Å²) in [4.78, 5) is 15.3. The van der Waals surface area contributed by atoms with Gasteiger partial charge in [0.25, 0.3) is 0 Å². The van der Waals surface area contributed by atoms with Crippen LogP contribution >= 0.6 is 0 Å². The van der Waals surface area contributed by atoms with E-state index >= 15 is 0 Å². The Morgan fingerprint density at radius 3 is 2.77 bits per heavy atom. The predicted octanol–water partition coefficient (Wildman–Crippen LogP) is 5.22. The second kappa shape index (κ2) is 8.92. The standard InChI is InChI=1S/C25H29NO4/c1-17-8-6-7-14-26(17)16-20-21(27)11-12-22-24(20)23(18(2)30-22)25(28)29-15-13-19-9-4-3-5-10-19/h3-5,9-12,17,27H,6-8,13-16H2,1-2H3. The first-order valence-corrected chi connectivity index (χ1v) is 10.7. The minimum absolute atomic E-state index is 0.194. The minimum Gasteiger partial charge on any atom is -0.508 e. The summed E-state index contributed by atoms with van der Waals surface area (Å²) in [5.74, 6) is 0.313. The Kier molecular flexibility index (Phi) is 6.09. The number of aromatic hydroxyl groups is 1. The van der Waals surface area contributed by atoms with Crippen molar-refractivity contribution in [1.29, 1.82) is 0 Å². The van der Waals surface area contributed by atoms with Crippen LogP contribution in [0.15, 0.2) is 46.9 Å². The molecule has 1 fully saturated rings. The molecule has 5 heteroatoms. The van der Waals surface area contributed by atoms with E-state index in [1.807, 2.05) is 30.3 Å². The highest BCUT2D eigenvalue weighted by molar-refractivity contribution is 6.06. The van der Waals surface area contributed by atoms with E-state index in [-0.39, 0.29) is 5.75 Å². The number of likely N-dealkylation sites (tertiary alicyclic amines) is 1. The van der Waals surface area contributed by atoms with Gasteiger partial charge in [0.15, 0.2) is 0 Å². The SMILES string of the molecule is Cc1oc2ccc(O)c(CN3CCCCC3C)c2c1C(=O)OCCc1ccccc1. The highest BCUT2D eigenvalue weighted by Gasteiger charge is 2.26. The number of hydrogen-bond donors (Lipinski definition) is 1. The average Bonchev–Trinajstić information content (AvgIpc) is 3.08. The number of piperidine rings is 1. The van der Waals surface area contributed by atoms with Gasteiger partial charge in [-0.2, -0.15) is 0 Å². The van der Waals surface area contributed by atoms with E-state index in [0.29, 0.717) is 47.9 Å². The fraction of sp³-hybridized carbons (Fsp3) is 0.400. The van der Waals surface area contributed by atoms with Gasteiger partial charge < -0.3 is 14.3 Å². The molecule has 1 atom stereocenters. The molecule has 0 spiro atoms. The van der Waals surface area contributed by atoms with Crippen molar-refractivity contribution in [3.05, 3.63) is 64.9 Å². The second-order valence-electron chi connectivity index (χ2n) is 8.16. The number of fused-ring (bicyclic) bond motifs is 1. The number of benzene rings is 2. The lowest BCUT2D eigenvalue weighted by Crippen LogP contribution is -2.36. The molecule has 5 nitrogen and oxygen atoms in total. The first kappa shape index (κ1) is 20.5. The normalized spacial score (nSPS) is 17.3. The molecule has 0 aliphatic carbocycles. The number of esters is 1. The van der Waals surface area contributed by atoms with E-state index in [1.54, 1.807) is 19.1 Å². The number of phenols is 1. The molecule has 0 amide bonds. The van der Waals surface area contributed by atoms with Crippen molar-refractivity contribution in [2.24, 2.45) is 0 Å². The maximum atomic E-state index is 13.0. The monoisotopic (exact) mass is 407 g/mol. The van der Waals surface area contributed by atoms with Gasteiger partial charge in [-0.05, 0) is 50.9 Å². The average molecular weight is 408 g/mol. The minimum atomic E-state index is -0.402. The third kappa shape index (κ3) is 4.21. The third-order valence-corrected chi connectivity index (χ3v) is 6.09. The molecule has 1 aliphatic heterocycles. The first-order chi connectivity index (χ1) is 14.5. The van der Waals surface area contributed by atoms with Gasteiger partial charge in [-0.15, -0.1) is 0 Å². The Morgan fingerprint density at radius 2 is 2.00 bits per heavy atom. The summed E-state index contributed by atoms with van der Waals surface area (Å²) in [5, 5.41) is 11.3. The van der Waals surface area contributed by atoms with Crippen molar-refractivity contribution in [3.8, 4) is 5.75 Å². The fourth-order valence-electron chi connectivity index (χ4n) is 4.35. The molecular formula is C25H29NO4. The number of carbonyl (C=O) groups is 1. The van der Waals surface area contributed by atoms with Crippen LogP contribution in [0.2, 0.25) is 0 Å². The molecule has 158 valence electrons. The van der Waals surface area contributed by atoms with Crippen LogP contribution in [-0.4, -0.2) is 35.2 Å². The summed E-state index contributed by atoms with van der Waals surface area (Å²) >= 11 is 0. The highest BCUT2D eigenvalue weighted by Crippen LogP contribution is 2.36. The summed E-state index contributed by atoms with van der Waals surface area (Å²) < 4.78 is 11.5. The van der Waals surface area contributed by atoms with Crippen molar-refractivity contribution in [1.82, 2.24) is 4.90 Å². The molecule has 4 rings (SSSR count). The van der Waals surface area contributed by atoms with Crippen LogP contribution < -0.4 is 0 Å². The van der Waals surface area contributed by atoms with Crippen LogP contribution in [0.25, 0.3) is 11.0 Å². The van der Waals surface area contributed by atoms with Crippen LogP contribution in [0.5, 0.6) is 5.75 Å². The zero-order valence-electron chi connectivity index (χ0n) is 17.7. The predicted molar refractivity (Wildman–Crippen MR) is 117 cm³/mol. The van der Waals surface area contributed by atoms with Gasteiger partial charge in [-0.1, -0.05) is 36.8 Å². The van der Waals surface area contributed by atoms with Crippen molar-refractivity contribution in [2.45, 2.75) is 52.1 Å².